The number of hydrogen-bond acceptors (Lipinski definition) is 5. The third kappa shape index (κ3) is 3.83. The lowest BCUT2D eigenvalue weighted by atomic mass is 10.1. The number of pyridine rings is 1. The van der Waals surface area contributed by atoms with Gasteiger partial charge >= 0.3 is 6.18 Å². The minimum absolute atomic E-state index is 0.0274. The molecule has 0 spiro atoms. The third-order valence-electron chi connectivity index (χ3n) is 3.08. The summed E-state index contributed by atoms with van der Waals surface area (Å²) in [5.41, 5.74) is -1.30. The third-order valence-corrected chi connectivity index (χ3v) is 4.11. The van der Waals surface area contributed by atoms with E-state index in [2.05, 4.69) is 4.98 Å². The summed E-state index contributed by atoms with van der Waals surface area (Å²) in [5.74, 6) is 0.0274. The smallest absolute Gasteiger partial charge is 0.258 e. The number of aromatic nitrogens is 1. The van der Waals surface area contributed by atoms with E-state index in [0.717, 1.165) is 17.8 Å². The second-order valence-corrected chi connectivity index (χ2v) is 5.74. The first-order chi connectivity index (χ1) is 11.2. The van der Waals surface area contributed by atoms with Crippen molar-refractivity contribution in [2.75, 3.05) is 0 Å². The van der Waals surface area contributed by atoms with Crippen LogP contribution in [0.3, 0.4) is 0 Å². The molecule has 1 aromatic carbocycles. The van der Waals surface area contributed by atoms with Crippen LogP contribution in [0.4, 0.5) is 18.9 Å². The van der Waals surface area contributed by atoms with Crippen molar-refractivity contribution in [2.45, 2.75) is 23.9 Å². The zero-order valence-corrected chi connectivity index (χ0v) is 13.1. The van der Waals surface area contributed by atoms with Crippen molar-refractivity contribution in [3.63, 3.8) is 0 Å². The minimum atomic E-state index is -4.67. The first-order valence-electron chi connectivity index (χ1n) is 6.58. The van der Waals surface area contributed by atoms with Gasteiger partial charge in [-0.2, -0.15) is 18.4 Å². The lowest BCUT2D eigenvalue weighted by Gasteiger charge is -2.12. The zero-order valence-electron chi connectivity index (χ0n) is 12.3. The highest BCUT2D eigenvalue weighted by atomic mass is 32.2. The van der Waals surface area contributed by atoms with Crippen LogP contribution in [-0.2, 0) is 11.9 Å². The Morgan fingerprint density at radius 3 is 2.62 bits per heavy atom. The largest absolute Gasteiger partial charge is 0.417 e. The molecule has 0 aliphatic carbocycles. The maximum Gasteiger partial charge on any atom is 0.417 e. The van der Waals surface area contributed by atoms with E-state index in [1.807, 2.05) is 0 Å². The molecule has 0 unspecified atom stereocenters. The van der Waals surface area contributed by atoms with Gasteiger partial charge < -0.3 is 0 Å². The van der Waals surface area contributed by atoms with Gasteiger partial charge in [0.1, 0.15) is 11.1 Å². The van der Waals surface area contributed by atoms with Gasteiger partial charge in [0.15, 0.2) is 0 Å². The predicted octanol–water partition coefficient (Wildman–Crippen LogP) is 4.48. The van der Waals surface area contributed by atoms with Gasteiger partial charge in [-0.1, -0.05) is 18.2 Å². The highest BCUT2D eigenvalue weighted by Crippen LogP contribution is 2.37. The molecule has 0 bridgehead atoms. The second kappa shape index (κ2) is 6.88. The Labute approximate surface area is 139 Å². The number of alkyl halides is 3. The maximum absolute atomic E-state index is 13.1. The van der Waals surface area contributed by atoms with Gasteiger partial charge in [0.25, 0.3) is 5.69 Å². The van der Waals surface area contributed by atoms with Crippen molar-refractivity contribution in [2.24, 2.45) is 0 Å². The van der Waals surface area contributed by atoms with Crippen molar-refractivity contribution >= 4 is 17.4 Å². The highest BCUT2D eigenvalue weighted by Gasteiger charge is 2.35. The first-order valence-corrected chi connectivity index (χ1v) is 7.56. The fourth-order valence-electron chi connectivity index (χ4n) is 2.04. The van der Waals surface area contributed by atoms with E-state index in [1.54, 1.807) is 6.07 Å². The van der Waals surface area contributed by atoms with E-state index in [1.165, 1.54) is 31.2 Å². The van der Waals surface area contributed by atoms with E-state index in [-0.39, 0.29) is 22.2 Å². The molecule has 0 amide bonds. The van der Waals surface area contributed by atoms with Crippen LogP contribution in [0.15, 0.2) is 35.4 Å². The van der Waals surface area contributed by atoms with Crippen LogP contribution >= 0.6 is 11.8 Å². The average molecular weight is 353 g/mol. The number of nitro benzene ring substituents is 1. The summed E-state index contributed by atoms with van der Waals surface area (Å²) >= 11 is 0.863. The fourth-order valence-corrected chi connectivity index (χ4v) is 3.08. The number of rotatable bonds is 4. The zero-order chi connectivity index (χ0) is 17.9. The fraction of sp³-hybridized carbons (Fsp3) is 0.200. The summed E-state index contributed by atoms with van der Waals surface area (Å²) in [5, 5.41) is 20.0. The molecule has 24 heavy (non-hydrogen) atoms. The average Bonchev–Trinajstić information content (AvgIpc) is 2.51. The van der Waals surface area contributed by atoms with E-state index in [0.29, 0.717) is 5.56 Å². The molecule has 124 valence electrons. The van der Waals surface area contributed by atoms with Crippen LogP contribution in [0.2, 0.25) is 0 Å². The van der Waals surface area contributed by atoms with Gasteiger partial charge in [0, 0.05) is 23.1 Å². The number of benzene rings is 1. The monoisotopic (exact) mass is 353 g/mol. The predicted molar refractivity (Wildman–Crippen MR) is 81.3 cm³/mol. The second-order valence-electron chi connectivity index (χ2n) is 4.78. The summed E-state index contributed by atoms with van der Waals surface area (Å²) in [7, 11) is 0. The quantitative estimate of drug-likeness (QED) is 0.460. The number of nitriles is 1. The molecular formula is C15H10F3N3O2S. The lowest BCUT2D eigenvalue weighted by Crippen LogP contribution is -2.10. The van der Waals surface area contributed by atoms with Crippen LogP contribution in [-0.4, -0.2) is 9.91 Å². The van der Waals surface area contributed by atoms with Gasteiger partial charge in [-0.15, -0.1) is 11.8 Å². The summed E-state index contributed by atoms with van der Waals surface area (Å²) < 4.78 is 39.2. The van der Waals surface area contributed by atoms with Crippen LogP contribution in [0.5, 0.6) is 0 Å². The SMILES string of the molecule is Cc1cc(C(F)(F)F)c(C#N)c(SCc2ccccc2[N+](=O)[O-])n1. The molecule has 2 rings (SSSR count). The molecule has 0 fully saturated rings. The minimum Gasteiger partial charge on any atom is -0.258 e. The van der Waals surface area contributed by atoms with E-state index in [4.69, 9.17) is 5.26 Å². The number of para-hydroxylation sites is 1. The lowest BCUT2D eigenvalue weighted by molar-refractivity contribution is -0.385. The Bertz CT molecular complexity index is 832. The molecule has 2 aromatic rings. The van der Waals surface area contributed by atoms with Gasteiger partial charge in [-0.05, 0) is 13.0 Å². The molecule has 0 saturated heterocycles. The van der Waals surface area contributed by atoms with Crippen molar-refractivity contribution < 1.29 is 18.1 Å². The summed E-state index contributed by atoms with van der Waals surface area (Å²) in [6, 6.07) is 8.27. The molecule has 0 N–H and O–H groups in total. The first kappa shape index (κ1) is 17.7. The van der Waals surface area contributed by atoms with Crippen molar-refractivity contribution in [3.8, 4) is 6.07 Å². The van der Waals surface area contributed by atoms with Gasteiger partial charge in [0.05, 0.1) is 16.1 Å². The number of aryl methyl sites for hydroxylation is 1. The Balaban J connectivity index is 2.40. The molecule has 0 radical (unpaired) electrons. The molecular weight excluding hydrogens is 343 g/mol. The van der Waals surface area contributed by atoms with Crippen LogP contribution in [0.1, 0.15) is 22.4 Å². The molecule has 0 atom stereocenters. The Morgan fingerprint density at radius 1 is 1.38 bits per heavy atom. The summed E-state index contributed by atoms with van der Waals surface area (Å²) in [6.45, 7) is 1.39. The van der Waals surface area contributed by atoms with Crippen molar-refractivity contribution in [1.29, 1.82) is 5.26 Å². The number of hydrogen-bond donors (Lipinski definition) is 0. The van der Waals surface area contributed by atoms with Crippen LogP contribution in [0, 0.1) is 28.4 Å². The number of nitro groups is 1. The Hall–Kier alpha value is -2.60. The maximum atomic E-state index is 13.1. The standard InChI is InChI=1S/C15H10F3N3O2S/c1-9-6-12(15(16,17)18)11(7-19)14(20-9)24-8-10-4-2-3-5-13(10)21(22)23/h2-6H,8H2,1H3. The number of thioether (sulfide) groups is 1. The molecule has 1 heterocycles. The summed E-state index contributed by atoms with van der Waals surface area (Å²) in [6.07, 6.45) is -4.67. The topological polar surface area (TPSA) is 79.8 Å². The number of nitrogens with zero attached hydrogens (tertiary/aromatic N) is 3. The summed E-state index contributed by atoms with van der Waals surface area (Å²) in [4.78, 5) is 14.4. The van der Waals surface area contributed by atoms with E-state index >= 15 is 0 Å². The molecule has 0 saturated carbocycles. The molecule has 0 aliphatic heterocycles. The normalized spacial score (nSPS) is 11.1. The van der Waals surface area contributed by atoms with Crippen LogP contribution < -0.4 is 0 Å². The van der Waals surface area contributed by atoms with Crippen molar-refractivity contribution in [3.05, 3.63) is 62.8 Å². The van der Waals surface area contributed by atoms with E-state index < -0.39 is 22.2 Å². The Morgan fingerprint density at radius 2 is 2.04 bits per heavy atom. The van der Waals surface area contributed by atoms with Crippen molar-refractivity contribution in [1.82, 2.24) is 4.98 Å². The molecule has 9 heteroatoms. The van der Waals surface area contributed by atoms with Gasteiger partial charge in [0.2, 0.25) is 0 Å². The Kier molecular flexibility index (Phi) is 5.09. The molecule has 0 aliphatic rings. The number of halogens is 3. The van der Waals surface area contributed by atoms with Gasteiger partial charge in [-0.25, -0.2) is 4.98 Å². The molecule has 1 aromatic heterocycles. The van der Waals surface area contributed by atoms with Gasteiger partial charge in [-0.3, -0.25) is 10.1 Å². The highest BCUT2D eigenvalue weighted by molar-refractivity contribution is 7.98. The molecule has 5 nitrogen and oxygen atoms in total. The van der Waals surface area contributed by atoms with E-state index in [9.17, 15) is 23.3 Å². The van der Waals surface area contributed by atoms with Crippen LogP contribution in [0.25, 0.3) is 0 Å².